The zero-order valence-corrected chi connectivity index (χ0v) is 16.6. The van der Waals surface area contributed by atoms with Crippen molar-refractivity contribution in [3.05, 3.63) is 107 Å². The predicted octanol–water partition coefficient (Wildman–Crippen LogP) is 5.32. The van der Waals surface area contributed by atoms with Gasteiger partial charge in [0, 0.05) is 5.56 Å². The van der Waals surface area contributed by atoms with Crippen LogP contribution in [0, 0.1) is 0 Å². The number of carbonyl (C=O) groups is 1. The van der Waals surface area contributed by atoms with Crippen LogP contribution in [-0.2, 0) is 10.3 Å². The molecule has 0 radical (unpaired) electrons. The molecule has 1 amide bonds. The summed E-state index contributed by atoms with van der Waals surface area (Å²) in [6.45, 7) is 4.42. The van der Waals surface area contributed by atoms with Crippen molar-refractivity contribution in [3.63, 3.8) is 0 Å². The molecule has 0 bridgehead atoms. The van der Waals surface area contributed by atoms with E-state index in [0.717, 1.165) is 22.3 Å². The number of carbonyl (C=O) groups excluding carboxylic acids is 1. The summed E-state index contributed by atoms with van der Waals surface area (Å²) >= 11 is 0. The standard InChI is InChI=1S/C26H23NO2/c1-25(2)27(24(28)21-12-4-3-5-13-21)18-26(29-25)22-14-8-6-10-19(22)16-17-20-11-7-9-15-23(20)26/h3-17H,18H2,1-2H3. The number of fused-ring (bicyclic) bond motifs is 4. The molecule has 1 fully saturated rings. The molecule has 0 aromatic heterocycles. The van der Waals surface area contributed by atoms with Gasteiger partial charge in [-0.2, -0.15) is 0 Å². The second kappa shape index (κ2) is 6.43. The first-order valence-electron chi connectivity index (χ1n) is 9.96. The largest absolute Gasteiger partial charge is 0.338 e. The van der Waals surface area contributed by atoms with Crippen LogP contribution in [0.4, 0.5) is 0 Å². The van der Waals surface area contributed by atoms with E-state index in [-0.39, 0.29) is 5.91 Å². The molecular formula is C26H23NO2. The lowest BCUT2D eigenvalue weighted by atomic mass is 9.83. The van der Waals surface area contributed by atoms with E-state index in [1.807, 2.05) is 73.3 Å². The molecule has 0 N–H and O–H groups in total. The minimum Gasteiger partial charge on any atom is -0.338 e. The van der Waals surface area contributed by atoms with Gasteiger partial charge in [-0.25, -0.2) is 0 Å². The van der Waals surface area contributed by atoms with Crippen molar-refractivity contribution in [3.8, 4) is 0 Å². The Balaban J connectivity index is 1.70. The monoisotopic (exact) mass is 381 g/mol. The average Bonchev–Trinajstić information content (AvgIpc) is 2.97. The van der Waals surface area contributed by atoms with E-state index < -0.39 is 11.3 Å². The highest BCUT2D eigenvalue weighted by Gasteiger charge is 2.54. The van der Waals surface area contributed by atoms with Crippen molar-refractivity contribution in [2.75, 3.05) is 6.54 Å². The second-order valence-electron chi connectivity index (χ2n) is 8.14. The number of nitrogens with zero attached hydrogens (tertiary/aromatic N) is 1. The molecule has 144 valence electrons. The first kappa shape index (κ1) is 17.9. The molecule has 2 aliphatic rings. The van der Waals surface area contributed by atoms with Crippen molar-refractivity contribution < 1.29 is 9.53 Å². The zero-order valence-electron chi connectivity index (χ0n) is 16.6. The molecule has 0 unspecified atom stereocenters. The molecule has 0 saturated carbocycles. The van der Waals surface area contributed by atoms with E-state index in [4.69, 9.17) is 4.74 Å². The van der Waals surface area contributed by atoms with Gasteiger partial charge in [-0.05, 0) is 48.2 Å². The van der Waals surface area contributed by atoms with Crippen LogP contribution in [0.3, 0.4) is 0 Å². The number of hydrogen-bond acceptors (Lipinski definition) is 2. The van der Waals surface area contributed by atoms with E-state index in [1.54, 1.807) is 0 Å². The van der Waals surface area contributed by atoms with Gasteiger partial charge < -0.3 is 9.64 Å². The van der Waals surface area contributed by atoms with E-state index >= 15 is 0 Å². The summed E-state index contributed by atoms with van der Waals surface area (Å²) in [5.74, 6) is -0.0142. The van der Waals surface area contributed by atoms with Gasteiger partial charge in [0.05, 0.1) is 6.54 Å². The summed E-state index contributed by atoms with van der Waals surface area (Å²) in [4.78, 5) is 15.3. The van der Waals surface area contributed by atoms with Crippen LogP contribution in [0.25, 0.3) is 12.2 Å². The summed E-state index contributed by atoms with van der Waals surface area (Å²) in [6.07, 6.45) is 4.28. The van der Waals surface area contributed by atoms with Crippen molar-refractivity contribution in [2.24, 2.45) is 0 Å². The van der Waals surface area contributed by atoms with Crippen LogP contribution in [0.5, 0.6) is 0 Å². The van der Waals surface area contributed by atoms with Gasteiger partial charge in [-0.3, -0.25) is 4.79 Å². The molecule has 1 heterocycles. The topological polar surface area (TPSA) is 29.5 Å². The van der Waals surface area contributed by atoms with Crippen LogP contribution in [-0.4, -0.2) is 23.1 Å². The third-order valence-corrected chi connectivity index (χ3v) is 5.95. The zero-order chi connectivity index (χ0) is 20.1. The molecular weight excluding hydrogens is 358 g/mol. The van der Waals surface area contributed by atoms with E-state index in [1.165, 1.54) is 0 Å². The van der Waals surface area contributed by atoms with Crippen molar-refractivity contribution in [2.45, 2.75) is 25.2 Å². The molecule has 29 heavy (non-hydrogen) atoms. The Kier molecular flexibility index (Phi) is 3.97. The van der Waals surface area contributed by atoms with E-state index in [2.05, 4.69) is 36.4 Å². The minimum atomic E-state index is -0.752. The number of benzene rings is 3. The molecule has 3 nitrogen and oxygen atoms in total. The van der Waals surface area contributed by atoms with Crippen LogP contribution in [0.15, 0.2) is 78.9 Å². The SMILES string of the molecule is CC1(C)OC2(CN1C(=O)c1ccccc1)c1ccccc1C=Cc1ccccc12. The first-order chi connectivity index (χ1) is 14.0. The molecule has 1 aliphatic carbocycles. The van der Waals surface area contributed by atoms with Gasteiger partial charge in [0.1, 0.15) is 11.3 Å². The fourth-order valence-electron chi connectivity index (χ4n) is 4.60. The van der Waals surface area contributed by atoms with Crippen LogP contribution in [0.2, 0.25) is 0 Å². The molecule has 0 atom stereocenters. The normalized spacial score (nSPS) is 18.2. The third kappa shape index (κ3) is 2.73. The van der Waals surface area contributed by atoms with Gasteiger partial charge in [0.25, 0.3) is 5.91 Å². The molecule has 5 rings (SSSR count). The minimum absolute atomic E-state index is 0.0142. The molecule has 3 aromatic rings. The van der Waals surface area contributed by atoms with Crippen molar-refractivity contribution in [1.82, 2.24) is 4.90 Å². The van der Waals surface area contributed by atoms with Gasteiger partial charge in [-0.15, -0.1) is 0 Å². The lowest BCUT2D eigenvalue weighted by Crippen LogP contribution is -2.43. The molecule has 1 aliphatic heterocycles. The Bertz CT molecular complexity index is 1060. The molecule has 3 heteroatoms. The summed E-state index contributed by atoms with van der Waals surface area (Å²) in [5, 5.41) is 0. The summed E-state index contributed by atoms with van der Waals surface area (Å²) in [6, 6.07) is 26.1. The second-order valence-corrected chi connectivity index (χ2v) is 8.14. The van der Waals surface area contributed by atoms with Crippen LogP contribution in [0.1, 0.15) is 46.5 Å². The van der Waals surface area contributed by atoms with E-state index in [9.17, 15) is 4.79 Å². The maximum atomic E-state index is 13.4. The fraction of sp³-hybridized carbons (Fsp3) is 0.192. The van der Waals surface area contributed by atoms with Crippen molar-refractivity contribution in [1.29, 1.82) is 0 Å². The molecule has 1 spiro atoms. The number of hydrogen-bond donors (Lipinski definition) is 0. The lowest BCUT2D eigenvalue weighted by molar-refractivity contribution is -0.0964. The van der Waals surface area contributed by atoms with Crippen molar-refractivity contribution >= 4 is 18.1 Å². The molecule has 1 saturated heterocycles. The molecule has 3 aromatic carbocycles. The van der Waals surface area contributed by atoms with Crippen LogP contribution >= 0.6 is 0 Å². The smallest absolute Gasteiger partial charge is 0.256 e. The lowest BCUT2D eigenvalue weighted by Gasteiger charge is -2.32. The predicted molar refractivity (Wildman–Crippen MR) is 115 cm³/mol. The summed E-state index contributed by atoms with van der Waals surface area (Å²) in [7, 11) is 0. The number of amides is 1. The van der Waals surface area contributed by atoms with Crippen LogP contribution < -0.4 is 0 Å². The van der Waals surface area contributed by atoms with Gasteiger partial charge in [0.15, 0.2) is 0 Å². The average molecular weight is 381 g/mol. The van der Waals surface area contributed by atoms with Gasteiger partial charge >= 0.3 is 0 Å². The fourth-order valence-corrected chi connectivity index (χ4v) is 4.60. The van der Waals surface area contributed by atoms with Gasteiger partial charge in [0.2, 0.25) is 0 Å². The quantitative estimate of drug-likeness (QED) is 0.571. The first-order valence-corrected chi connectivity index (χ1v) is 9.96. The Morgan fingerprint density at radius 3 is 1.90 bits per heavy atom. The Morgan fingerprint density at radius 1 is 0.793 bits per heavy atom. The Hall–Kier alpha value is -3.17. The van der Waals surface area contributed by atoms with E-state index in [0.29, 0.717) is 12.1 Å². The number of ether oxygens (including phenoxy) is 1. The maximum absolute atomic E-state index is 13.4. The third-order valence-electron chi connectivity index (χ3n) is 5.95. The summed E-state index contributed by atoms with van der Waals surface area (Å²) in [5.41, 5.74) is 3.63. The Labute approximate surface area is 171 Å². The highest BCUT2D eigenvalue weighted by Crippen LogP contribution is 2.49. The summed E-state index contributed by atoms with van der Waals surface area (Å²) < 4.78 is 6.83. The highest BCUT2D eigenvalue weighted by atomic mass is 16.6. The van der Waals surface area contributed by atoms with Gasteiger partial charge in [-0.1, -0.05) is 78.9 Å². The maximum Gasteiger partial charge on any atom is 0.256 e. The Morgan fingerprint density at radius 2 is 1.31 bits per heavy atom. The number of rotatable bonds is 1. The highest BCUT2D eigenvalue weighted by molar-refractivity contribution is 5.95.